The third-order valence-electron chi connectivity index (χ3n) is 2.78. The van der Waals surface area contributed by atoms with E-state index in [-0.39, 0.29) is 23.5 Å². The average Bonchev–Trinajstić information content (AvgIpc) is 2.46. The van der Waals surface area contributed by atoms with Crippen molar-refractivity contribution in [3.8, 4) is 0 Å². The number of carbonyl (C=O) groups excluding carboxylic acids is 2. The zero-order valence-corrected chi connectivity index (χ0v) is 13.0. The summed E-state index contributed by atoms with van der Waals surface area (Å²) in [5.74, 6) is -2.71. The number of amides is 1. The van der Waals surface area contributed by atoms with Gasteiger partial charge in [0.15, 0.2) is 0 Å². The molecule has 0 unspecified atom stereocenters. The van der Waals surface area contributed by atoms with Gasteiger partial charge in [-0.1, -0.05) is 30.3 Å². The number of methoxy groups -OCH3 is 1. The quantitative estimate of drug-likeness (QED) is 0.557. The van der Waals surface area contributed by atoms with Gasteiger partial charge in [0.2, 0.25) is 5.91 Å². The maximum atomic E-state index is 11.7. The van der Waals surface area contributed by atoms with Crippen LogP contribution < -0.4 is 5.32 Å². The summed E-state index contributed by atoms with van der Waals surface area (Å²) < 4.78 is 4.62. The van der Waals surface area contributed by atoms with Crippen LogP contribution in [0.4, 0.5) is 0 Å². The molecule has 0 spiro atoms. The molecular weight excluding hydrogens is 332 g/mol. The molecule has 0 saturated carbocycles. The van der Waals surface area contributed by atoms with Gasteiger partial charge >= 0.3 is 11.9 Å². The third-order valence-corrected chi connectivity index (χ3v) is 2.78. The van der Waals surface area contributed by atoms with Crippen LogP contribution in [0.1, 0.15) is 12.0 Å². The van der Waals surface area contributed by atoms with Crippen molar-refractivity contribution in [2.45, 2.75) is 24.9 Å². The molecule has 0 bridgehead atoms. The Morgan fingerprint density at radius 2 is 1.86 bits per heavy atom. The van der Waals surface area contributed by atoms with E-state index < -0.39 is 36.4 Å². The molecule has 2 atom stereocenters. The van der Waals surface area contributed by atoms with E-state index in [9.17, 15) is 14.4 Å². The molecule has 1 amide bonds. The first-order valence-corrected chi connectivity index (χ1v) is 6.29. The summed E-state index contributed by atoms with van der Waals surface area (Å²) in [6.45, 7) is 0. The molecule has 0 aliphatic rings. The predicted molar refractivity (Wildman–Crippen MR) is 74.5 cm³/mol. The van der Waals surface area contributed by atoms with E-state index in [1.807, 2.05) is 6.07 Å². The predicted octanol–water partition coefficient (Wildman–Crippen LogP) is 0.780. The van der Waals surface area contributed by atoms with Gasteiger partial charge < -0.3 is 20.9 Å². The summed E-state index contributed by atoms with van der Waals surface area (Å²) >= 11 is 0. The van der Waals surface area contributed by atoms with Crippen molar-refractivity contribution in [2.24, 2.45) is 0 Å². The molecular formula is C14H17FeN2O5-. The van der Waals surface area contributed by atoms with Crippen molar-refractivity contribution in [1.82, 2.24) is 5.32 Å². The Hall–Kier alpha value is -1.89. The fourth-order valence-corrected chi connectivity index (χ4v) is 1.72. The van der Waals surface area contributed by atoms with Crippen LogP contribution in [0.3, 0.4) is 0 Å². The number of rotatable bonds is 7. The van der Waals surface area contributed by atoms with Crippen molar-refractivity contribution in [3.05, 3.63) is 41.6 Å². The van der Waals surface area contributed by atoms with Gasteiger partial charge in [-0.05, 0) is 11.6 Å². The molecule has 3 N–H and O–H groups in total. The molecule has 0 aliphatic carbocycles. The van der Waals surface area contributed by atoms with Crippen LogP contribution in [0.25, 0.3) is 5.73 Å². The van der Waals surface area contributed by atoms with Gasteiger partial charge in [0.05, 0.1) is 7.11 Å². The normalized spacial score (nSPS) is 12.5. The Balaban J connectivity index is 0.00000441. The Bertz CT molecular complexity index is 509. The zero-order valence-electron chi connectivity index (χ0n) is 11.9. The number of nitrogens with one attached hydrogen (secondary N) is 2. The Morgan fingerprint density at radius 1 is 1.27 bits per heavy atom. The van der Waals surface area contributed by atoms with Crippen LogP contribution >= 0.6 is 0 Å². The molecule has 1 aromatic rings. The van der Waals surface area contributed by atoms with Crippen LogP contribution in [-0.4, -0.2) is 42.1 Å². The van der Waals surface area contributed by atoms with Crippen LogP contribution in [0.15, 0.2) is 30.3 Å². The molecule has 0 aliphatic heterocycles. The van der Waals surface area contributed by atoms with E-state index in [0.717, 1.165) is 5.56 Å². The molecule has 0 aromatic heterocycles. The van der Waals surface area contributed by atoms with Gasteiger partial charge in [-0.15, -0.1) is 0 Å². The van der Waals surface area contributed by atoms with Gasteiger partial charge in [-0.3, -0.25) is 9.59 Å². The summed E-state index contributed by atoms with van der Waals surface area (Å²) in [5.41, 5.74) is 8.25. The zero-order chi connectivity index (χ0) is 15.8. The standard InChI is InChI=1S/C14H17N2O5.Fe/c1-21-14(20)11(7-9-5-3-2-4-6-9)16-13(19)10(15)8-12(17)18;/h2-6,10-11,15H,7-8H2,1H3,(H,16,19)(H,17,18);/q-1;/t10-,11-;/m0./s1. The molecule has 122 valence electrons. The number of carboxylic acid groups (broad SMARTS) is 1. The van der Waals surface area contributed by atoms with Gasteiger partial charge in [-0.2, -0.15) is 0 Å². The fourth-order valence-electron chi connectivity index (χ4n) is 1.72. The number of hydrogen-bond donors (Lipinski definition) is 2. The Labute approximate surface area is 138 Å². The minimum absolute atomic E-state index is 0. The Morgan fingerprint density at radius 3 is 2.36 bits per heavy atom. The summed E-state index contributed by atoms with van der Waals surface area (Å²) in [6, 6.07) is 6.57. The molecule has 8 heteroatoms. The maximum Gasteiger partial charge on any atom is 0.328 e. The topological polar surface area (TPSA) is 117 Å². The van der Waals surface area contributed by atoms with E-state index in [2.05, 4.69) is 10.1 Å². The number of hydrogen-bond acceptors (Lipinski definition) is 4. The number of esters is 1. The van der Waals surface area contributed by atoms with Gasteiger partial charge in [0.1, 0.15) is 6.04 Å². The summed E-state index contributed by atoms with van der Waals surface area (Å²) in [7, 11) is 1.20. The number of carbonyl (C=O) groups is 3. The smallest absolute Gasteiger partial charge is 0.328 e. The van der Waals surface area contributed by atoms with Gasteiger partial charge in [-0.25, -0.2) is 4.79 Å². The molecule has 0 fully saturated rings. The number of ether oxygens (including phenoxy) is 1. The molecule has 0 heterocycles. The molecule has 1 aromatic carbocycles. The maximum absolute atomic E-state index is 11.7. The van der Waals surface area contributed by atoms with Gasteiger partial charge in [0, 0.05) is 29.9 Å². The Kier molecular flexibility index (Phi) is 9.09. The first-order valence-electron chi connectivity index (χ1n) is 6.29. The molecule has 0 saturated heterocycles. The number of carboxylic acids is 1. The van der Waals surface area contributed by atoms with Crippen molar-refractivity contribution in [2.75, 3.05) is 7.11 Å². The second-order valence-electron chi connectivity index (χ2n) is 4.42. The minimum Gasteiger partial charge on any atom is -0.666 e. The monoisotopic (exact) mass is 349 g/mol. The average molecular weight is 349 g/mol. The SMILES string of the molecule is COC(=O)[C@H](Cc1ccccc1)NC(=O)[C@@H]([NH-])CC(=O)O.[Fe]. The van der Waals surface area contributed by atoms with E-state index >= 15 is 0 Å². The molecule has 0 radical (unpaired) electrons. The van der Waals surface area contributed by atoms with Crippen molar-refractivity contribution in [1.29, 1.82) is 0 Å². The largest absolute Gasteiger partial charge is 0.666 e. The van der Waals surface area contributed by atoms with Crippen molar-refractivity contribution < 1.29 is 41.3 Å². The van der Waals surface area contributed by atoms with E-state index in [0.29, 0.717) is 0 Å². The van der Waals surface area contributed by atoms with Crippen LogP contribution in [0.2, 0.25) is 0 Å². The fraction of sp³-hybridized carbons (Fsp3) is 0.357. The molecule has 7 nitrogen and oxygen atoms in total. The van der Waals surface area contributed by atoms with E-state index in [1.54, 1.807) is 24.3 Å². The second-order valence-corrected chi connectivity index (χ2v) is 4.42. The number of aliphatic carboxylic acids is 1. The molecule has 1 rings (SSSR count). The third kappa shape index (κ3) is 6.71. The molecule has 22 heavy (non-hydrogen) atoms. The number of benzene rings is 1. The summed E-state index contributed by atoms with van der Waals surface area (Å²) in [5, 5.41) is 10.9. The van der Waals surface area contributed by atoms with Gasteiger partial charge in [0.25, 0.3) is 0 Å². The van der Waals surface area contributed by atoms with Crippen LogP contribution in [0.5, 0.6) is 0 Å². The van der Waals surface area contributed by atoms with Crippen LogP contribution in [-0.2, 0) is 42.6 Å². The summed E-state index contributed by atoms with van der Waals surface area (Å²) in [4.78, 5) is 33.9. The van der Waals surface area contributed by atoms with Crippen molar-refractivity contribution in [3.63, 3.8) is 0 Å². The first-order chi connectivity index (χ1) is 9.93. The van der Waals surface area contributed by atoms with E-state index in [1.165, 1.54) is 7.11 Å². The van der Waals surface area contributed by atoms with Crippen LogP contribution in [0, 0.1) is 0 Å². The second kappa shape index (κ2) is 9.94. The minimum atomic E-state index is -1.47. The van der Waals surface area contributed by atoms with Crippen molar-refractivity contribution >= 4 is 17.8 Å². The first kappa shape index (κ1) is 20.1. The van der Waals surface area contributed by atoms with E-state index in [4.69, 9.17) is 10.8 Å². The summed E-state index contributed by atoms with van der Waals surface area (Å²) in [6.07, 6.45) is -0.413.